The van der Waals surface area contributed by atoms with Crippen LogP contribution >= 0.6 is 7.82 Å². The van der Waals surface area contributed by atoms with E-state index in [-0.39, 0.29) is 12.5 Å². The molecular weight excluding hydrogens is 816 g/mol. The van der Waals surface area contributed by atoms with Crippen LogP contribution in [0.15, 0.2) is 48.6 Å². The second kappa shape index (κ2) is 46.6. The van der Waals surface area contributed by atoms with Crippen molar-refractivity contribution < 1.29 is 32.9 Å². The number of phosphoric ester groups is 1. The van der Waals surface area contributed by atoms with E-state index in [1.807, 2.05) is 27.2 Å². The second-order valence-corrected chi connectivity index (χ2v) is 21.0. The molecule has 2 N–H and O–H groups in total. The number of rotatable bonds is 49. The van der Waals surface area contributed by atoms with Gasteiger partial charge in [-0.25, -0.2) is 0 Å². The van der Waals surface area contributed by atoms with Crippen molar-refractivity contribution in [2.24, 2.45) is 0 Å². The Balaban J connectivity index is 4.27. The molecule has 0 saturated heterocycles. The number of carbonyl (C=O) groups is 1. The number of nitrogens with one attached hydrogen (secondary N) is 1. The smallest absolute Gasteiger partial charge is 0.268 e. The molecule has 1 amide bonds. The first-order valence-electron chi connectivity index (χ1n) is 27.0. The molecule has 0 radical (unpaired) electrons. The predicted octanol–water partition coefficient (Wildman–Crippen LogP) is 15.3. The molecule has 376 valence electrons. The summed E-state index contributed by atoms with van der Waals surface area (Å²) in [6, 6.07) is -0.909. The number of amides is 1. The topological polar surface area (TPSA) is 108 Å². The second-order valence-electron chi connectivity index (χ2n) is 19.6. The van der Waals surface area contributed by atoms with Gasteiger partial charge in [0.05, 0.1) is 39.9 Å². The zero-order valence-corrected chi connectivity index (χ0v) is 43.6. The third-order valence-electron chi connectivity index (χ3n) is 12.0. The number of phosphoric acid groups is 1. The van der Waals surface area contributed by atoms with Gasteiger partial charge in [0.2, 0.25) is 5.91 Å². The Morgan fingerprint density at radius 2 is 0.875 bits per heavy atom. The van der Waals surface area contributed by atoms with E-state index in [0.29, 0.717) is 17.4 Å². The van der Waals surface area contributed by atoms with Gasteiger partial charge in [-0.2, -0.15) is 0 Å². The van der Waals surface area contributed by atoms with Gasteiger partial charge < -0.3 is 28.8 Å². The average molecular weight is 921 g/mol. The highest BCUT2D eigenvalue weighted by molar-refractivity contribution is 7.45. The largest absolute Gasteiger partial charge is 0.756 e. The summed E-state index contributed by atoms with van der Waals surface area (Å²) >= 11 is 0. The highest BCUT2D eigenvalue weighted by Crippen LogP contribution is 2.38. The normalized spacial score (nSPS) is 14.4. The number of aliphatic hydroxyl groups excluding tert-OH is 1. The Morgan fingerprint density at radius 3 is 1.27 bits per heavy atom. The van der Waals surface area contributed by atoms with Gasteiger partial charge in [0.15, 0.2) is 0 Å². The SMILES string of the molecule is CCCCCCCCC/C=C/CC/C=C/CC/C=C/C(O)C(COP(=O)([O-])OCC[N+](C)(C)C)NC(=O)CCCCCCCCCCCCCCC/C=C\CCCCCCCCCC. The van der Waals surface area contributed by atoms with Crippen molar-refractivity contribution in [1.29, 1.82) is 0 Å². The minimum Gasteiger partial charge on any atom is -0.756 e. The highest BCUT2D eigenvalue weighted by Gasteiger charge is 2.23. The van der Waals surface area contributed by atoms with Gasteiger partial charge in [-0.1, -0.05) is 217 Å². The van der Waals surface area contributed by atoms with Gasteiger partial charge in [-0.05, 0) is 70.6 Å². The molecule has 0 aliphatic heterocycles. The molecule has 0 rings (SSSR count). The van der Waals surface area contributed by atoms with Crippen molar-refractivity contribution in [3.8, 4) is 0 Å². The average Bonchev–Trinajstić information content (AvgIpc) is 3.25. The third kappa shape index (κ3) is 48.4. The van der Waals surface area contributed by atoms with E-state index in [1.165, 1.54) is 180 Å². The molecule has 3 unspecified atom stereocenters. The summed E-state index contributed by atoms with van der Waals surface area (Å²) < 4.78 is 23.3. The number of quaternary nitrogens is 1. The van der Waals surface area contributed by atoms with Gasteiger partial charge in [0, 0.05) is 6.42 Å². The molecule has 8 nitrogen and oxygen atoms in total. The van der Waals surface area contributed by atoms with E-state index in [1.54, 1.807) is 6.08 Å². The van der Waals surface area contributed by atoms with Crippen LogP contribution < -0.4 is 10.2 Å². The number of hydrogen-bond donors (Lipinski definition) is 2. The van der Waals surface area contributed by atoms with Crippen molar-refractivity contribution in [2.75, 3.05) is 40.9 Å². The fourth-order valence-corrected chi connectivity index (χ4v) is 8.43. The Bertz CT molecular complexity index is 1180. The maximum absolute atomic E-state index is 12.9. The summed E-state index contributed by atoms with van der Waals surface area (Å²) in [5.41, 5.74) is 0. The molecule has 0 heterocycles. The summed E-state index contributed by atoms with van der Waals surface area (Å²) in [5.74, 6) is -0.210. The van der Waals surface area contributed by atoms with Gasteiger partial charge in [-0.3, -0.25) is 9.36 Å². The van der Waals surface area contributed by atoms with E-state index in [9.17, 15) is 19.4 Å². The standard InChI is InChI=1S/C55H105N2O6P/c1-6-8-10-12-14-16-18-20-22-24-25-26-27-28-29-30-31-33-35-37-39-41-43-45-47-49-55(59)56-53(52-63-64(60,61)62-51-50-57(3,4)5)54(58)48-46-44-42-40-38-36-34-32-23-21-19-17-15-13-11-9-7-2/h23-25,32,38,40,46,48,53-54,58H,6-22,26-31,33-37,39,41-45,47,49-52H2,1-5H3,(H-,56,59,60,61)/b25-24-,32-23+,40-38+,48-46+. The lowest BCUT2D eigenvalue weighted by atomic mass is 10.0. The summed E-state index contributed by atoms with van der Waals surface area (Å²) in [7, 11) is 1.24. The van der Waals surface area contributed by atoms with E-state index in [0.717, 1.165) is 44.9 Å². The monoisotopic (exact) mass is 921 g/mol. The van der Waals surface area contributed by atoms with E-state index in [4.69, 9.17) is 9.05 Å². The number of carbonyl (C=O) groups excluding carboxylic acids is 1. The Hall–Kier alpha value is -1.54. The number of allylic oxidation sites excluding steroid dienone is 7. The third-order valence-corrected chi connectivity index (χ3v) is 13.0. The molecule has 0 aliphatic rings. The molecular formula is C55H105N2O6P. The Kier molecular flexibility index (Phi) is 45.4. The van der Waals surface area contributed by atoms with Crippen LogP contribution in [0.1, 0.15) is 245 Å². The molecule has 0 aromatic carbocycles. The summed E-state index contributed by atoms with van der Waals surface area (Å²) in [4.78, 5) is 25.4. The molecule has 0 spiro atoms. The molecule has 9 heteroatoms. The van der Waals surface area contributed by atoms with E-state index in [2.05, 4.69) is 55.6 Å². The van der Waals surface area contributed by atoms with Crippen LogP contribution in [-0.4, -0.2) is 68.5 Å². The molecule has 0 saturated carbocycles. The van der Waals surface area contributed by atoms with Crippen LogP contribution in [0.2, 0.25) is 0 Å². The lowest BCUT2D eigenvalue weighted by molar-refractivity contribution is -0.870. The minimum absolute atomic E-state index is 0.00920. The Labute approximate surface area is 397 Å². The zero-order valence-electron chi connectivity index (χ0n) is 42.7. The fourth-order valence-electron chi connectivity index (χ4n) is 7.71. The van der Waals surface area contributed by atoms with Crippen LogP contribution in [0.25, 0.3) is 0 Å². The van der Waals surface area contributed by atoms with Gasteiger partial charge in [0.25, 0.3) is 7.82 Å². The van der Waals surface area contributed by atoms with Crippen molar-refractivity contribution >= 4 is 13.7 Å². The molecule has 0 fully saturated rings. The number of aliphatic hydroxyl groups is 1. The van der Waals surface area contributed by atoms with Crippen LogP contribution in [0, 0.1) is 0 Å². The molecule has 3 atom stereocenters. The maximum atomic E-state index is 12.9. The van der Waals surface area contributed by atoms with Gasteiger partial charge in [0.1, 0.15) is 13.2 Å². The van der Waals surface area contributed by atoms with E-state index < -0.39 is 26.6 Å². The lowest BCUT2D eigenvalue weighted by Gasteiger charge is -2.29. The summed E-state index contributed by atoms with van der Waals surface area (Å²) in [6.45, 7) is 4.63. The van der Waals surface area contributed by atoms with Crippen molar-refractivity contribution in [2.45, 2.75) is 257 Å². The Morgan fingerprint density at radius 1 is 0.531 bits per heavy atom. The van der Waals surface area contributed by atoms with Crippen molar-refractivity contribution in [1.82, 2.24) is 5.32 Å². The molecule has 0 bridgehead atoms. The zero-order chi connectivity index (χ0) is 47.1. The summed E-state index contributed by atoms with van der Waals surface area (Å²) in [6.07, 6.45) is 60.4. The van der Waals surface area contributed by atoms with Crippen LogP contribution in [0.5, 0.6) is 0 Å². The van der Waals surface area contributed by atoms with E-state index >= 15 is 0 Å². The number of likely N-dealkylation sites (N-methyl/N-ethyl adjacent to an activating group) is 1. The molecule has 0 aromatic heterocycles. The molecule has 0 aromatic rings. The first-order valence-corrected chi connectivity index (χ1v) is 28.5. The van der Waals surface area contributed by atoms with Crippen molar-refractivity contribution in [3.05, 3.63) is 48.6 Å². The highest BCUT2D eigenvalue weighted by atomic mass is 31.2. The number of unbranched alkanes of at least 4 members (excludes halogenated alkanes) is 30. The predicted molar refractivity (Wildman–Crippen MR) is 274 cm³/mol. The first kappa shape index (κ1) is 62.5. The van der Waals surface area contributed by atoms with Crippen LogP contribution in [0.3, 0.4) is 0 Å². The maximum Gasteiger partial charge on any atom is 0.268 e. The minimum atomic E-state index is -4.61. The fraction of sp³-hybridized carbons (Fsp3) is 0.836. The van der Waals surface area contributed by atoms with Gasteiger partial charge >= 0.3 is 0 Å². The quantitative estimate of drug-likeness (QED) is 0.0272. The van der Waals surface area contributed by atoms with Crippen molar-refractivity contribution in [3.63, 3.8) is 0 Å². The lowest BCUT2D eigenvalue weighted by Crippen LogP contribution is -2.45. The van der Waals surface area contributed by atoms with Crippen LogP contribution in [-0.2, 0) is 18.4 Å². The summed E-state index contributed by atoms with van der Waals surface area (Å²) in [5, 5.41) is 13.8. The number of hydrogen-bond acceptors (Lipinski definition) is 6. The van der Waals surface area contributed by atoms with Gasteiger partial charge in [-0.15, -0.1) is 0 Å². The first-order chi connectivity index (χ1) is 31.0. The number of nitrogens with zero attached hydrogens (tertiary/aromatic N) is 1. The van der Waals surface area contributed by atoms with Crippen LogP contribution in [0.4, 0.5) is 0 Å². The molecule has 64 heavy (non-hydrogen) atoms. The molecule has 0 aliphatic carbocycles.